The van der Waals surface area contributed by atoms with E-state index in [4.69, 9.17) is 23.2 Å². The van der Waals surface area contributed by atoms with E-state index in [2.05, 4.69) is 6.58 Å². The van der Waals surface area contributed by atoms with Crippen molar-refractivity contribution in [1.82, 2.24) is 0 Å². The van der Waals surface area contributed by atoms with Gasteiger partial charge in [-0.3, -0.25) is 0 Å². The van der Waals surface area contributed by atoms with Crippen molar-refractivity contribution < 1.29 is 0 Å². The number of benzene rings is 1. The highest BCUT2D eigenvalue weighted by atomic mass is 35.5. The molecule has 0 N–H and O–H groups in total. The van der Waals surface area contributed by atoms with Gasteiger partial charge in [0.25, 0.3) is 0 Å². The first-order chi connectivity index (χ1) is 5.83. The summed E-state index contributed by atoms with van der Waals surface area (Å²) in [5.41, 5.74) is 3.25. The summed E-state index contributed by atoms with van der Waals surface area (Å²) in [6.07, 6.45) is 1.80. The van der Waals surface area contributed by atoms with Gasteiger partial charge in [0.1, 0.15) is 0 Å². The number of hydrogen-bond donors (Lipinski definition) is 0. The van der Waals surface area contributed by atoms with E-state index in [0.29, 0.717) is 11.8 Å². The molecule has 0 nitrogen and oxygen atoms in total. The van der Waals surface area contributed by atoms with E-state index < -0.39 is 0 Å². The minimum Gasteiger partial charge on any atom is -0.122 e. The Kier molecular flexibility index (Phi) is 3.64. The van der Waals surface area contributed by atoms with Crippen molar-refractivity contribution in [2.75, 3.05) is 0 Å². The summed E-state index contributed by atoms with van der Waals surface area (Å²) in [5.74, 6) is 1.01. The number of alkyl halides is 2. The highest BCUT2D eigenvalue weighted by molar-refractivity contribution is 6.18. The third kappa shape index (κ3) is 1.82. The van der Waals surface area contributed by atoms with E-state index in [0.717, 1.165) is 16.7 Å². The molecule has 0 aromatic heterocycles. The standard InChI is InChI=1S/C10H10Cl2/c1-2-10-8(6-11)4-3-5-9(10)7-12/h2-5H,1,6-7H2. The summed E-state index contributed by atoms with van der Waals surface area (Å²) < 4.78 is 0. The van der Waals surface area contributed by atoms with Crippen LogP contribution in [0.15, 0.2) is 24.8 Å². The average molecular weight is 201 g/mol. The van der Waals surface area contributed by atoms with Crippen LogP contribution < -0.4 is 0 Å². The zero-order valence-electron chi connectivity index (χ0n) is 6.69. The summed E-state index contributed by atoms with van der Waals surface area (Å²) in [4.78, 5) is 0. The predicted molar refractivity (Wildman–Crippen MR) is 55.6 cm³/mol. The smallest absolute Gasteiger partial charge is 0.0480 e. The summed E-state index contributed by atoms with van der Waals surface area (Å²) >= 11 is 11.5. The van der Waals surface area contributed by atoms with Gasteiger partial charge in [0.2, 0.25) is 0 Å². The molecule has 0 saturated heterocycles. The van der Waals surface area contributed by atoms with Crippen LogP contribution in [0.4, 0.5) is 0 Å². The van der Waals surface area contributed by atoms with Crippen LogP contribution in [0.5, 0.6) is 0 Å². The highest BCUT2D eigenvalue weighted by Gasteiger charge is 2.02. The molecule has 1 aromatic carbocycles. The maximum Gasteiger partial charge on any atom is 0.0480 e. The Morgan fingerprint density at radius 2 is 1.67 bits per heavy atom. The van der Waals surface area contributed by atoms with Crippen molar-refractivity contribution in [2.45, 2.75) is 11.8 Å². The first-order valence-electron chi connectivity index (χ1n) is 3.68. The molecule has 0 radical (unpaired) electrons. The molecule has 0 fully saturated rings. The van der Waals surface area contributed by atoms with Gasteiger partial charge in [-0.05, 0) is 16.7 Å². The zero-order valence-corrected chi connectivity index (χ0v) is 8.20. The van der Waals surface area contributed by atoms with Gasteiger partial charge in [-0.25, -0.2) is 0 Å². The van der Waals surface area contributed by atoms with Crippen molar-refractivity contribution in [3.05, 3.63) is 41.5 Å². The molecule has 1 rings (SSSR count). The van der Waals surface area contributed by atoms with E-state index in [1.165, 1.54) is 0 Å². The van der Waals surface area contributed by atoms with Crippen LogP contribution in [0, 0.1) is 0 Å². The molecule has 12 heavy (non-hydrogen) atoms. The second-order valence-corrected chi connectivity index (χ2v) is 3.00. The quantitative estimate of drug-likeness (QED) is 0.652. The molecule has 0 unspecified atom stereocenters. The Balaban J connectivity index is 3.21. The minimum atomic E-state index is 0.506. The third-order valence-corrected chi connectivity index (χ3v) is 2.35. The fourth-order valence-corrected chi connectivity index (χ4v) is 1.63. The summed E-state index contributed by atoms with van der Waals surface area (Å²) in [7, 11) is 0. The fraction of sp³-hybridized carbons (Fsp3) is 0.200. The lowest BCUT2D eigenvalue weighted by Crippen LogP contribution is -1.90. The number of hydrogen-bond acceptors (Lipinski definition) is 0. The van der Waals surface area contributed by atoms with Crippen molar-refractivity contribution in [2.24, 2.45) is 0 Å². The second kappa shape index (κ2) is 4.54. The summed E-state index contributed by atoms with van der Waals surface area (Å²) in [6, 6.07) is 5.93. The van der Waals surface area contributed by atoms with Gasteiger partial charge in [0.05, 0.1) is 0 Å². The molecule has 0 bridgehead atoms. The molecule has 1 aromatic rings. The van der Waals surface area contributed by atoms with Crippen molar-refractivity contribution in [1.29, 1.82) is 0 Å². The van der Waals surface area contributed by atoms with Crippen LogP contribution in [0.25, 0.3) is 6.08 Å². The highest BCUT2D eigenvalue weighted by Crippen LogP contribution is 2.19. The van der Waals surface area contributed by atoms with Gasteiger partial charge in [-0.1, -0.05) is 30.9 Å². The van der Waals surface area contributed by atoms with Gasteiger partial charge in [-0.2, -0.15) is 0 Å². The lowest BCUT2D eigenvalue weighted by molar-refractivity contribution is 1.29. The van der Waals surface area contributed by atoms with Crippen LogP contribution in [0.3, 0.4) is 0 Å². The SMILES string of the molecule is C=Cc1c(CCl)cccc1CCl. The Morgan fingerprint density at radius 3 is 2.00 bits per heavy atom. The molecular weight excluding hydrogens is 191 g/mol. The fourth-order valence-electron chi connectivity index (χ4n) is 1.16. The predicted octanol–water partition coefficient (Wildman–Crippen LogP) is 3.81. The molecule has 0 aliphatic rings. The van der Waals surface area contributed by atoms with E-state index in [9.17, 15) is 0 Å². The van der Waals surface area contributed by atoms with E-state index in [1.807, 2.05) is 18.2 Å². The lowest BCUT2D eigenvalue weighted by atomic mass is 10.0. The first kappa shape index (κ1) is 9.63. The zero-order chi connectivity index (χ0) is 8.97. The molecule has 0 amide bonds. The van der Waals surface area contributed by atoms with Crippen molar-refractivity contribution in [3.63, 3.8) is 0 Å². The van der Waals surface area contributed by atoms with E-state index >= 15 is 0 Å². The second-order valence-electron chi connectivity index (χ2n) is 2.46. The van der Waals surface area contributed by atoms with Crippen LogP contribution in [-0.4, -0.2) is 0 Å². The Hall–Kier alpha value is -0.460. The number of rotatable bonds is 3. The summed E-state index contributed by atoms with van der Waals surface area (Å²) in [5, 5.41) is 0. The topological polar surface area (TPSA) is 0 Å². The molecular formula is C10H10Cl2. The molecule has 2 heteroatoms. The molecule has 0 aliphatic heterocycles. The first-order valence-corrected chi connectivity index (χ1v) is 4.75. The third-order valence-electron chi connectivity index (χ3n) is 1.78. The van der Waals surface area contributed by atoms with Gasteiger partial charge in [0.15, 0.2) is 0 Å². The molecule has 0 aliphatic carbocycles. The Labute approximate surface area is 82.8 Å². The molecule has 64 valence electrons. The van der Waals surface area contributed by atoms with Crippen LogP contribution in [-0.2, 0) is 11.8 Å². The van der Waals surface area contributed by atoms with Crippen molar-refractivity contribution in [3.8, 4) is 0 Å². The Bertz CT molecular complexity index is 257. The molecule has 0 heterocycles. The van der Waals surface area contributed by atoms with E-state index in [1.54, 1.807) is 6.08 Å². The Morgan fingerprint density at radius 1 is 1.17 bits per heavy atom. The van der Waals surface area contributed by atoms with Gasteiger partial charge < -0.3 is 0 Å². The average Bonchev–Trinajstić information content (AvgIpc) is 2.16. The normalized spacial score (nSPS) is 9.83. The van der Waals surface area contributed by atoms with Crippen LogP contribution >= 0.6 is 23.2 Å². The monoisotopic (exact) mass is 200 g/mol. The molecule has 0 spiro atoms. The van der Waals surface area contributed by atoms with Gasteiger partial charge in [-0.15, -0.1) is 23.2 Å². The minimum absolute atomic E-state index is 0.506. The van der Waals surface area contributed by atoms with E-state index in [-0.39, 0.29) is 0 Å². The lowest BCUT2D eigenvalue weighted by Gasteiger charge is -2.06. The number of halogens is 2. The van der Waals surface area contributed by atoms with Crippen molar-refractivity contribution >= 4 is 29.3 Å². The molecule has 0 saturated carbocycles. The maximum atomic E-state index is 5.75. The summed E-state index contributed by atoms with van der Waals surface area (Å²) in [6.45, 7) is 3.73. The van der Waals surface area contributed by atoms with Crippen LogP contribution in [0.1, 0.15) is 16.7 Å². The largest absolute Gasteiger partial charge is 0.122 e. The van der Waals surface area contributed by atoms with Gasteiger partial charge in [0, 0.05) is 11.8 Å². The molecule has 0 atom stereocenters. The maximum absolute atomic E-state index is 5.75. The van der Waals surface area contributed by atoms with Gasteiger partial charge >= 0.3 is 0 Å². The van der Waals surface area contributed by atoms with Crippen LogP contribution in [0.2, 0.25) is 0 Å².